The number of ether oxygens (including phenoxy) is 1. The van der Waals surface area contributed by atoms with Gasteiger partial charge in [-0.3, -0.25) is 14.4 Å². The lowest BCUT2D eigenvalue weighted by Crippen LogP contribution is -2.50. The van der Waals surface area contributed by atoms with E-state index in [0.717, 1.165) is 6.42 Å². The second-order valence-electron chi connectivity index (χ2n) is 6.74. The zero-order valence-corrected chi connectivity index (χ0v) is 16.4. The SMILES string of the molecule is COCCCNC(=O)c1cccc(C(=O)N2CCN(C(=O)c3ccco3)CC2)c1. The number of methoxy groups -OCH3 is 1. The minimum absolute atomic E-state index is 0.149. The Morgan fingerprint density at radius 1 is 1.00 bits per heavy atom. The molecule has 0 spiro atoms. The second-order valence-corrected chi connectivity index (χ2v) is 6.74. The summed E-state index contributed by atoms with van der Waals surface area (Å²) in [7, 11) is 1.61. The molecule has 0 radical (unpaired) electrons. The van der Waals surface area contributed by atoms with Gasteiger partial charge in [0.2, 0.25) is 0 Å². The van der Waals surface area contributed by atoms with E-state index in [-0.39, 0.29) is 17.7 Å². The summed E-state index contributed by atoms with van der Waals surface area (Å²) < 4.78 is 10.1. The average molecular weight is 399 g/mol. The number of nitrogens with zero attached hydrogens (tertiary/aromatic N) is 2. The van der Waals surface area contributed by atoms with Crippen LogP contribution in [0, 0.1) is 0 Å². The fraction of sp³-hybridized carbons (Fsp3) is 0.381. The monoisotopic (exact) mass is 399 g/mol. The Hall–Kier alpha value is -3.13. The molecule has 29 heavy (non-hydrogen) atoms. The first-order valence-electron chi connectivity index (χ1n) is 9.59. The van der Waals surface area contributed by atoms with Crippen molar-refractivity contribution >= 4 is 17.7 Å². The van der Waals surface area contributed by atoms with Crippen molar-refractivity contribution in [3.63, 3.8) is 0 Å². The van der Waals surface area contributed by atoms with Crippen molar-refractivity contribution in [3.8, 4) is 0 Å². The maximum Gasteiger partial charge on any atom is 0.289 e. The molecular formula is C21H25N3O5. The lowest BCUT2D eigenvalue weighted by molar-refractivity contribution is 0.0518. The molecule has 0 bridgehead atoms. The molecular weight excluding hydrogens is 374 g/mol. The van der Waals surface area contributed by atoms with Gasteiger partial charge in [0.25, 0.3) is 17.7 Å². The molecule has 2 aromatic rings. The maximum absolute atomic E-state index is 12.8. The molecule has 1 aliphatic heterocycles. The van der Waals surface area contributed by atoms with Crippen molar-refractivity contribution in [1.29, 1.82) is 0 Å². The third-order valence-corrected chi connectivity index (χ3v) is 4.77. The van der Waals surface area contributed by atoms with Crippen molar-refractivity contribution < 1.29 is 23.5 Å². The molecule has 1 aromatic carbocycles. The lowest BCUT2D eigenvalue weighted by atomic mass is 10.1. The highest BCUT2D eigenvalue weighted by molar-refractivity contribution is 5.99. The van der Waals surface area contributed by atoms with Crippen LogP contribution in [-0.2, 0) is 4.74 Å². The van der Waals surface area contributed by atoms with Gasteiger partial charge in [-0.05, 0) is 36.8 Å². The van der Waals surface area contributed by atoms with Crippen molar-refractivity contribution in [2.75, 3.05) is 46.4 Å². The molecule has 1 aliphatic rings. The highest BCUT2D eigenvalue weighted by Crippen LogP contribution is 2.13. The summed E-state index contributed by atoms with van der Waals surface area (Å²) in [6.45, 7) is 2.82. The average Bonchev–Trinajstić information content (AvgIpc) is 3.31. The Morgan fingerprint density at radius 3 is 2.34 bits per heavy atom. The molecule has 0 atom stereocenters. The van der Waals surface area contributed by atoms with Crippen LogP contribution in [0.15, 0.2) is 47.1 Å². The van der Waals surface area contributed by atoms with Crippen LogP contribution in [0.25, 0.3) is 0 Å². The number of rotatable bonds is 7. The molecule has 2 heterocycles. The quantitative estimate of drug-likeness (QED) is 0.715. The lowest BCUT2D eigenvalue weighted by Gasteiger charge is -2.34. The number of hydrogen-bond acceptors (Lipinski definition) is 5. The van der Waals surface area contributed by atoms with E-state index in [4.69, 9.17) is 9.15 Å². The van der Waals surface area contributed by atoms with Crippen molar-refractivity contribution in [2.24, 2.45) is 0 Å². The number of carbonyl (C=O) groups excluding carboxylic acids is 3. The van der Waals surface area contributed by atoms with Crippen LogP contribution >= 0.6 is 0 Å². The van der Waals surface area contributed by atoms with Gasteiger partial charge in [0.15, 0.2) is 5.76 Å². The molecule has 3 rings (SSSR count). The van der Waals surface area contributed by atoms with Gasteiger partial charge < -0.3 is 24.3 Å². The topological polar surface area (TPSA) is 92.1 Å². The summed E-state index contributed by atoms with van der Waals surface area (Å²) in [6, 6.07) is 9.99. The maximum atomic E-state index is 12.8. The molecule has 1 N–H and O–H groups in total. The summed E-state index contributed by atoms with van der Waals surface area (Å²) in [5.41, 5.74) is 0.903. The van der Waals surface area contributed by atoms with Gasteiger partial charge in [0.05, 0.1) is 6.26 Å². The number of furan rings is 1. The van der Waals surface area contributed by atoms with Crippen LogP contribution in [-0.4, -0.2) is 74.0 Å². The number of piperazine rings is 1. The van der Waals surface area contributed by atoms with E-state index >= 15 is 0 Å². The van der Waals surface area contributed by atoms with E-state index in [1.807, 2.05) is 0 Å². The number of carbonyl (C=O) groups is 3. The van der Waals surface area contributed by atoms with Gasteiger partial charge in [-0.25, -0.2) is 0 Å². The van der Waals surface area contributed by atoms with Crippen LogP contribution in [0.5, 0.6) is 0 Å². The highest BCUT2D eigenvalue weighted by Gasteiger charge is 2.26. The summed E-state index contributed by atoms with van der Waals surface area (Å²) in [5.74, 6) is -0.239. The van der Waals surface area contributed by atoms with Crippen LogP contribution in [0.4, 0.5) is 0 Å². The van der Waals surface area contributed by atoms with Gasteiger partial charge in [0.1, 0.15) is 0 Å². The van der Waals surface area contributed by atoms with Crippen molar-refractivity contribution in [1.82, 2.24) is 15.1 Å². The fourth-order valence-electron chi connectivity index (χ4n) is 3.17. The van der Waals surface area contributed by atoms with Gasteiger partial charge >= 0.3 is 0 Å². The van der Waals surface area contributed by atoms with E-state index in [1.165, 1.54) is 6.26 Å². The molecule has 0 aliphatic carbocycles. The van der Waals surface area contributed by atoms with Crippen molar-refractivity contribution in [2.45, 2.75) is 6.42 Å². The fourth-order valence-corrected chi connectivity index (χ4v) is 3.17. The molecule has 8 nitrogen and oxygen atoms in total. The zero-order valence-electron chi connectivity index (χ0n) is 16.4. The van der Waals surface area contributed by atoms with Crippen LogP contribution in [0.2, 0.25) is 0 Å². The van der Waals surface area contributed by atoms with Gasteiger partial charge in [0, 0.05) is 57.6 Å². The molecule has 3 amide bonds. The number of nitrogens with one attached hydrogen (secondary N) is 1. The van der Waals surface area contributed by atoms with Crippen LogP contribution in [0.3, 0.4) is 0 Å². The largest absolute Gasteiger partial charge is 0.459 e. The predicted molar refractivity (Wildman–Crippen MR) is 106 cm³/mol. The summed E-state index contributed by atoms with van der Waals surface area (Å²) >= 11 is 0. The second kappa shape index (κ2) is 9.88. The molecule has 1 saturated heterocycles. The first-order chi connectivity index (χ1) is 14.1. The Kier molecular flexibility index (Phi) is 7.02. The normalized spacial score (nSPS) is 14.0. The van der Waals surface area contributed by atoms with E-state index in [1.54, 1.807) is 53.3 Å². The standard InChI is InChI=1S/C21H25N3O5/c1-28-13-4-8-22-19(25)16-5-2-6-17(15-16)20(26)23-9-11-24(12-10-23)21(27)18-7-3-14-29-18/h2-3,5-7,14-15H,4,8-13H2,1H3,(H,22,25). The number of benzene rings is 1. The van der Waals surface area contributed by atoms with Crippen LogP contribution < -0.4 is 5.32 Å². The first kappa shape index (κ1) is 20.6. The minimum Gasteiger partial charge on any atom is -0.459 e. The van der Waals surface area contributed by atoms with Crippen LogP contribution in [0.1, 0.15) is 37.7 Å². The number of hydrogen-bond donors (Lipinski definition) is 1. The smallest absolute Gasteiger partial charge is 0.289 e. The summed E-state index contributed by atoms with van der Waals surface area (Å²) in [4.78, 5) is 40.8. The molecule has 0 saturated carbocycles. The van der Waals surface area contributed by atoms with Gasteiger partial charge in [-0.2, -0.15) is 0 Å². The number of amides is 3. The highest BCUT2D eigenvalue weighted by atomic mass is 16.5. The zero-order chi connectivity index (χ0) is 20.6. The molecule has 1 fully saturated rings. The Bertz CT molecular complexity index is 842. The Labute approximate surface area is 169 Å². The molecule has 0 unspecified atom stereocenters. The van der Waals surface area contributed by atoms with E-state index in [2.05, 4.69) is 5.32 Å². The van der Waals surface area contributed by atoms with E-state index < -0.39 is 0 Å². The summed E-state index contributed by atoms with van der Waals surface area (Å²) in [6.07, 6.45) is 2.19. The van der Waals surface area contributed by atoms with Gasteiger partial charge in [-0.1, -0.05) is 6.07 Å². The molecule has 154 valence electrons. The third-order valence-electron chi connectivity index (χ3n) is 4.77. The van der Waals surface area contributed by atoms with E-state index in [0.29, 0.717) is 56.2 Å². The third kappa shape index (κ3) is 5.23. The van der Waals surface area contributed by atoms with Gasteiger partial charge in [-0.15, -0.1) is 0 Å². The van der Waals surface area contributed by atoms with E-state index in [9.17, 15) is 14.4 Å². The Balaban J connectivity index is 1.55. The van der Waals surface area contributed by atoms with Crippen molar-refractivity contribution in [3.05, 3.63) is 59.5 Å². The summed E-state index contributed by atoms with van der Waals surface area (Å²) in [5, 5.41) is 2.81. The molecule has 1 aromatic heterocycles. The molecule has 8 heteroatoms. The first-order valence-corrected chi connectivity index (χ1v) is 9.59. The Morgan fingerprint density at radius 2 is 1.69 bits per heavy atom. The predicted octanol–water partition coefficient (Wildman–Crippen LogP) is 1.64. The minimum atomic E-state index is -0.218.